The minimum absolute atomic E-state index is 0.0739. The number of amides is 1. The molecule has 0 aliphatic heterocycles. The van der Waals surface area contributed by atoms with Crippen molar-refractivity contribution in [3.8, 4) is 17.2 Å². The molecule has 3 aromatic carbocycles. The van der Waals surface area contributed by atoms with Gasteiger partial charge in [-0.05, 0) is 48.4 Å². The molecule has 0 radical (unpaired) electrons. The number of rotatable bonds is 11. The van der Waals surface area contributed by atoms with Crippen LogP contribution in [-0.4, -0.2) is 42.2 Å². The first-order valence-corrected chi connectivity index (χ1v) is 12.5. The van der Waals surface area contributed by atoms with E-state index in [0.29, 0.717) is 23.7 Å². The highest BCUT2D eigenvalue weighted by atomic mass is 32.2. The number of anilines is 1. The number of sulfonamides is 1. The van der Waals surface area contributed by atoms with Crippen LogP contribution in [0.4, 0.5) is 5.69 Å². The van der Waals surface area contributed by atoms with Crippen molar-refractivity contribution in [3.63, 3.8) is 0 Å². The van der Waals surface area contributed by atoms with Crippen molar-refractivity contribution in [2.75, 3.05) is 32.2 Å². The van der Waals surface area contributed by atoms with Crippen molar-refractivity contribution >= 4 is 21.6 Å². The first-order valence-electron chi connectivity index (χ1n) is 11.1. The third kappa shape index (κ3) is 6.05. The van der Waals surface area contributed by atoms with Crippen molar-refractivity contribution in [2.45, 2.75) is 24.3 Å². The van der Waals surface area contributed by atoms with Crippen LogP contribution < -0.4 is 23.8 Å². The Labute approximate surface area is 206 Å². The Kier molecular flexibility index (Phi) is 8.59. The van der Waals surface area contributed by atoms with Crippen LogP contribution >= 0.6 is 0 Å². The molecule has 0 bridgehead atoms. The normalized spacial score (nSPS) is 11.9. The quantitative estimate of drug-likeness (QED) is 0.426. The van der Waals surface area contributed by atoms with E-state index in [2.05, 4.69) is 5.32 Å². The Morgan fingerprint density at radius 1 is 0.886 bits per heavy atom. The van der Waals surface area contributed by atoms with Crippen molar-refractivity contribution in [1.29, 1.82) is 0 Å². The van der Waals surface area contributed by atoms with E-state index in [4.69, 9.17) is 14.2 Å². The summed E-state index contributed by atoms with van der Waals surface area (Å²) in [5.74, 6) is 1.07. The van der Waals surface area contributed by atoms with Crippen LogP contribution in [0.3, 0.4) is 0 Å². The van der Waals surface area contributed by atoms with E-state index in [1.807, 2.05) is 31.2 Å². The third-order valence-electron chi connectivity index (χ3n) is 5.54. The second kappa shape index (κ2) is 11.6. The van der Waals surface area contributed by atoms with Gasteiger partial charge in [0.15, 0.2) is 11.5 Å². The summed E-state index contributed by atoms with van der Waals surface area (Å²) in [4.78, 5) is 13.2. The molecule has 0 saturated carbocycles. The van der Waals surface area contributed by atoms with E-state index in [-0.39, 0.29) is 16.6 Å². The van der Waals surface area contributed by atoms with Crippen LogP contribution in [0.25, 0.3) is 0 Å². The van der Waals surface area contributed by atoms with Gasteiger partial charge in [-0.2, -0.15) is 0 Å². The number of ether oxygens (including phenoxy) is 3. The molecule has 3 rings (SSSR count). The first kappa shape index (κ1) is 25.9. The standard InChI is InChI=1S/C26H30N2O6S/c1-5-23(19-11-14-21(32-2)15-12-19)27-26(29)18-28(35(30,31)22-9-7-6-8-10-22)20-13-16-24(33-3)25(17-20)34-4/h6-17,23H,5,18H2,1-4H3,(H,27,29)/t23-/m1/s1. The van der Waals surface area contributed by atoms with Crippen LogP contribution in [0.15, 0.2) is 77.7 Å². The lowest BCUT2D eigenvalue weighted by Gasteiger charge is -2.26. The largest absolute Gasteiger partial charge is 0.497 e. The molecule has 9 heteroatoms. The summed E-state index contributed by atoms with van der Waals surface area (Å²) in [5.41, 5.74) is 1.17. The monoisotopic (exact) mass is 498 g/mol. The highest BCUT2D eigenvalue weighted by Crippen LogP contribution is 2.33. The molecule has 0 saturated heterocycles. The summed E-state index contributed by atoms with van der Waals surface area (Å²) in [7, 11) is 0.494. The fourth-order valence-corrected chi connectivity index (χ4v) is 5.08. The molecule has 0 fully saturated rings. The first-order chi connectivity index (χ1) is 16.8. The summed E-state index contributed by atoms with van der Waals surface area (Å²) >= 11 is 0. The smallest absolute Gasteiger partial charge is 0.264 e. The maximum atomic E-state index is 13.6. The summed E-state index contributed by atoms with van der Waals surface area (Å²) in [5, 5.41) is 2.95. The molecule has 3 aromatic rings. The van der Waals surface area contributed by atoms with Gasteiger partial charge in [-0.1, -0.05) is 37.3 Å². The van der Waals surface area contributed by atoms with Gasteiger partial charge in [-0.3, -0.25) is 9.10 Å². The molecule has 1 N–H and O–H groups in total. The van der Waals surface area contributed by atoms with Gasteiger partial charge in [0.2, 0.25) is 5.91 Å². The van der Waals surface area contributed by atoms with E-state index < -0.39 is 22.5 Å². The van der Waals surface area contributed by atoms with Crippen molar-refractivity contribution < 1.29 is 27.4 Å². The van der Waals surface area contributed by atoms with Gasteiger partial charge >= 0.3 is 0 Å². The van der Waals surface area contributed by atoms with E-state index in [0.717, 1.165) is 9.87 Å². The van der Waals surface area contributed by atoms with Gasteiger partial charge in [-0.25, -0.2) is 8.42 Å². The molecule has 8 nitrogen and oxygen atoms in total. The molecule has 0 unspecified atom stereocenters. The number of benzene rings is 3. The van der Waals surface area contributed by atoms with E-state index in [9.17, 15) is 13.2 Å². The Bertz CT molecular complexity index is 1230. The minimum Gasteiger partial charge on any atom is -0.497 e. The molecule has 0 heterocycles. The second-order valence-corrected chi connectivity index (χ2v) is 9.53. The molecule has 186 valence electrons. The lowest BCUT2D eigenvalue weighted by molar-refractivity contribution is -0.120. The molecule has 35 heavy (non-hydrogen) atoms. The highest BCUT2D eigenvalue weighted by molar-refractivity contribution is 7.92. The highest BCUT2D eigenvalue weighted by Gasteiger charge is 2.28. The average Bonchev–Trinajstić information content (AvgIpc) is 2.90. The molecular weight excluding hydrogens is 468 g/mol. The van der Waals surface area contributed by atoms with Crippen LogP contribution in [0.1, 0.15) is 24.9 Å². The topological polar surface area (TPSA) is 94.2 Å². The van der Waals surface area contributed by atoms with Gasteiger partial charge in [0.1, 0.15) is 12.3 Å². The fraction of sp³-hybridized carbons (Fsp3) is 0.269. The Hall–Kier alpha value is -3.72. The molecule has 1 amide bonds. The average molecular weight is 499 g/mol. The van der Waals surface area contributed by atoms with E-state index >= 15 is 0 Å². The van der Waals surface area contributed by atoms with Gasteiger partial charge in [0.05, 0.1) is 38.0 Å². The predicted octanol–water partition coefficient (Wildman–Crippen LogP) is 4.18. The van der Waals surface area contributed by atoms with Gasteiger partial charge < -0.3 is 19.5 Å². The van der Waals surface area contributed by atoms with Crippen LogP contribution in [0.2, 0.25) is 0 Å². The number of nitrogens with zero attached hydrogens (tertiary/aromatic N) is 1. The molecule has 0 aliphatic carbocycles. The zero-order valence-electron chi connectivity index (χ0n) is 20.2. The van der Waals surface area contributed by atoms with E-state index in [1.165, 1.54) is 32.4 Å². The van der Waals surface area contributed by atoms with Crippen LogP contribution in [0.5, 0.6) is 17.2 Å². The summed E-state index contributed by atoms with van der Waals surface area (Å²) in [6, 6.07) is 19.8. The van der Waals surface area contributed by atoms with Gasteiger partial charge in [0.25, 0.3) is 10.0 Å². The second-order valence-electron chi connectivity index (χ2n) is 7.67. The fourth-order valence-electron chi connectivity index (χ4n) is 3.64. The zero-order chi connectivity index (χ0) is 25.4. The number of hydrogen-bond acceptors (Lipinski definition) is 6. The lowest BCUT2D eigenvalue weighted by Crippen LogP contribution is -2.42. The number of methoxy groups -OCH3 is 3. The summed E-state index contributed by atoms with van der Waals surface area (Å²) in [6.45, 7) is 1.53. The van der Waals surface area contributed by atoms with Gasteiger partial charge in [0, 0.05) is 6.07 Å². The number of hydrogen-bond donors (Lipinski definition) is 1. The van der Waals surface area contributed by atoms with Crippen molar-refractivity contribution in [2.24, 2.45) is 0 Å². The molecule has 0 aromatic heterocycles. The van der Waals surface area contributed by atoms with Crippen LogP contribution in [-0.2, 0) is 14.8 Å². The van der Waals surface area contributed by atoms with Crippen molar-refractivity contribution in [3.05, 3.63) is 78.4 Å². The number of carbonyl (C=O) groups is 1. The number of carbonyl (C=O) groups excluding carboxylic acids is 1. The van der Waals surface area contributed by atoms with E-state index in [1.54, 1.807) is 37.4 Å². The number of nitrogens with one attached hydrogen (secondary N) is 1. The molecular formula is C26H30N2O6S. The Morgan fingerprint density at radius 3 is 2.11 bits per heavy atom. The Morgan fingerprint density at radius 2 is 1.54 bits per heavy atom. The molecule has 0 aliphatic rings. The minimum atomic E-state index is -4.05. The SMILES string of the molecule is CC[C@@H](NC(=O)CN(c1ccc(OC)c(OC)c1)S(=O)(=O)c1ccccc1)c1ccc(OC)cc1. The van der Waals surface area contributed by atoms with Crippen LogP contribution in [0, 0.1) is 0 Å². The third-order valence-corrected chi connectivity index (χ3v) is 7.32. The maximum absolute atomic E-state index is 13.6. The molecule has 1 atom stereocenters. The van der Waals surface area contributed by atoms with Crippen molar-refractivity contribution in [1.82, 2.24) is 5.32 Å². The lowest BCUT2D eigenvalue weighted by atomic mass is 10.0. The summed E-state index contributed by atoms with van der Waals surface area (Å²) in [6.07, 6.45) is 0.625. The predicted molar refractivity (Wildman–Crippen MR) is 135 cm³/mol. The molecule has 0 spiro atoms. The zero-order valence-corrected chi connectivity index (χ0v) is 21.0. The summed E-state index contributed by atoms with van der Waals surface area (Å²) < 4.78 is 44.1. The maximum Gasteiger partial charge on any atom is 0.264 e. The van der Waals surface area contributed by atoms with Gasteiger partial charge in [-0.15, -0.1) is 0 Å². The Balaban J connectivity index is 1.94.